The fraction of sp³-hybridized carbons (Fsp3) is 0.867. The van der Waals surface area contributed by atoms with Crippen LogP contribution >= 0.6 is 12.4 Å². The van der Waals surface area contributed by atoms with Gasteiger partial charge in [-0.2, -0.15) is 0 Å². The van der Waals surface area contributed by atoms with Crippen molar-refractivity contribution in [1.82, 2.24) is 10.2 Å². The van der Waals surface area contributed by atoms with E-state index in [4.69, 9.17) is 5.73 Å². The summed E-state index contributed by atoms with van der Waals surface area (Å²) in [5, 5.41) is 3.02. The summed E-state index contributed by atoms with van der Waals surface area (Å²) in [5.41, 5.74) is 5.90. The number of nitrogens with one attached hydrogen (secondary N) is 1. The van der Waals surface area contributed by atoms with E-state index in [1.807, 2.05) is 6.92 Å². The molecule has 1 saturated carbocycles. The molecule has 0 aromatic carbocycles. The van der Waals surface area contributed by atoms with Crippen LogP contribution in [0.3, 0.4) is 0 Å². The van der Waals surface area contributed by atoms with Gasteiger partial charge >= 0.3 is 0 Å². The van der Waals surface area contributed by atoms with E-state index in [-0.39, 0.29) is 30.1 Å². The molecule has 0 aromatic heterocycles. The molecule has 6 heteroatoms. The summed E-state index contributed by atoms with van der Waals surface area (Å²) in [4.78, 5) is 26.1. The van der Waals surface area contributed by atoms with Gasteiger partial charge < -0.3 is 16.0 Å². The zero-order valence-electron chi connectivity index (χ0n) is 12.8. The lowest BCUT2D eigenvalue weighted by atomic mass is 9.96. The molecule has 1 heterocycles. The van der Waals surface area contributed by atoms with Crippen LogP contribution in [0, 0.1) is 11.8 Å². The minimum atomic E-state index is -0.409. The molecular formula is C15H28ClN3O2. The summed E-state index contributed by atoms with van der Waals surface area (Å²) in [6.07, 6.45) is 5.87. The zero-order chi connectivity index (χ0) is 14.5. The van der Waals surface area contributed by atoms with E-state index in [2.05, 4.69) is 5.32 Å². The van der Waals surface area contributed by atoms with Gasteiger partial charge in [-0.1, -0.05) is 13.3 Å². The lowest BCUT2D eigenvalue weighted by Crippen LogP contribution is -2.50. The Bertz CT molecular complexity index is 361. The molecule has 0 radical (unpaired) electrons. The number of halogens is 1. The molecule has 21 heavy (non-hydrogen) atoms. The number of hydrogen-bond acceptors (Lipinski definition) is 3. The molecular weight excluding hydrogens is 290 g/mol. The number of nitrogens with two attached hydrogens (primary N) is 1. The van der Waals surface area contributed by atoms with Gasteiger partial charge in [0.25, 0.3) is 0 Å². The van der Waals surface area contributed by atoms with E-state index in [1.165, 1.54) is 12.8 Å². The maximum atomic E-state index is 12.2. The molecule has 0 bridgehead atoms. The summed E-state index contributed by atoms with van der Waals surface area (Å²) in [7, 11) is 0. The first-order valence-electron chi connectivity index (χ1n) is 7.94. The van der Waals surface area contributed by atoms with Gasteiger partial charge in [-0.15, -0.1) is 12.4 Å². The Morgan fingerprint density at radius 3 is 2.67 bits per heavy atom. The maximum absolute atomic E-state index is 12.2. The van der Waals surface area contributed by atoms with Crippen LogP contribution < -0.4 is 11.1 Å². The summed E-state index contributed by atoms with van der Waals surface area (Å²) in [6, 6.07) is -0.409. The van der Waals surface area contributed by atoms with Gasteiger partial charge in [0.05, 0.1) is 12.0 Å². The van der Waals surface area contributed by atoms with Gasteiger partial charge in [-0.05, 0) is 38.0 Å². The molecule has 2 rings (SSSR count). The lowest BCUT2D eigenvalue weighted by Gasteiger charge is -2.33. The highest BCUT2D eigenvalue weighted by molar-refractivity contribution is 5.85. The Morgan fingerprint density at radius 1 is 1.33 bits per heavy atom. The Balaban J connectivity index is 0.00000220. The molecule has 2 unspecified atom stereocenters. The molecule has 2 amide bonds. The van der Waals surface area contributed by atoms with E-state index in [9.17, 15) is 9.59 Å². The van der Waals surface area contributed by atoms with Crippen LogP contribution in [0.5, 0.6) is 0 Å². The number of amides is 2. The van der Waals surface area contributed by atoms with Crippen molar-refractivity contribution in [1.29, 1.82) is 0 Å². The van der Waals surface area contributed by atoms with Crippen molar-refractivity contribution in [2.75, 3.05) is 19.6 Å². The molecule has 0 aromatic rings. The predicted molar refractivity (Wildman–Crippen MR) is 85.2 cm³/mol. The number of carbonyl (C=O) groups is 2. The first kappa shape index (κ1) is 18.2. The first-order chi connectivity index (χ1) is 9.61. The Kier molecular flexibility index (Phi) is 7.46. The van der Waals surface area contributed by atoms with Gasteiger partial charge in [0.15, 0.2) is 0 Å². The third-order valence-electron chi connectivity index (χ3n) is 4.28. The van der Waals surface area contributed by atoms with Crippen molar-refractivity contribution < 1.29 is 9.59 Å². The van der Waals surface area contributed by atoms with Crippen LogP contribution in [0.15, 0.2) is 0 Å². The van der Waals surface area contributed by atoms with Gasteiger partial charge in [-0.3, -0.25) is 9.59 Å². The molecule has 5 nitrogen and oxygen atoms in total. The second-order valence-electron chi connectivity index (χ2n) is 6.21. The second kappa shape index (κ2) is 8.59. The third-order valence-corrected chi connectivity index (χ3v) is 4.28. The SMILES string of the molecule is CCCC(N)C(=O)N1CCCC(C(=O)NCC2CC2)C1.Cl. The Labute approximate surface area is 133 Å². The molecule has 1 aliphatic heterocycles. The number of carbonyl (C=O) groups excluding carboxylic acids is 2. The highest BCUT2D eigenvalue weighted by atomic mass is 35.5. The van der Waals surface area contributed by atoms with E-state index >= 15 is 0 Å². The number of piperidine rings is 1. The summed E-state index contributed by atoms with van der Waals surface area (Å²) < 4.78 is 0. The lowest BCUT2D eigenvalue weighted by molar-refractivity contribution is -0.137. The normalized spacial score (nSPS) is 23.1. The fourth-order valence-corrected chi connectivity index (χ4v) is 2.77. The molecule has 0 spiro atoms. The van der Waals surface area contributed by atoms with Crippen molar-refractivity contribution in [3.63, 3.8) is 0 Å². The Hall–Kier alpha value is -0.810. The molecule has 2 atom stereocenters. The average Bonchev–Trinajstić information content (AvgIpc) is 3.28. The summed E-state index contributed by atoms with van der Waals surface area (Å²) in [6.45, 7) is 4.10. The van der Waals surface area contributed by atoms with Crippen LogP contribution in [0.25, 0.3) is 0 Å². The highest BCUT2D eigenvalue weighted by Gasteiger charge is 2.31. The predicted octanol–water partition coefficient (Wildman–Crippen LogP) is 1.30. The van der Waals surface area contributed by atoms with E-state index in [0.29, 0.717) is 18.9 Å². The molecule has 1 aliphatic carbocycles. The number of rotatable bonds is 6. The van der Waals surface area contributed by atoms with Crippen LogP contribution in [0.1, 0.15) is 45.4 Å². The first-order valence-corrected chi connectivity index (χ1v) is 7.94. The molecule has 2 aliphatic rings. The van der Waals surface area contributed by atoms with Crippen LogP contribution in [-0.4, -0.2) is 42.4 Å². The fourth-order valence-electron chi connectivity index (χ4n) is 2.77. The van der Waals surface area contributed by atoms with E-state index < -0.39 is 6.04 Å². The number of likely N-dealkylation sites (tertiary alicyclic amines) is 1. The van der Waals surface area contributed by atoms with Gasteiger partial charge in [0, 0.05) is 19.6 Å². The minimum Gasteiger partial charge on any atom is -0.356 e. The van der Waals surface area contributed by atoms with Crippen molar-refractivity contribution in [2.45, 2.75) is 51.5 Å². The van der Waals surface area contributed by atoms with Crippen LogP contribution in [0.4, 0.5) is 0 Å². The highest BCUT2D eigenvalue weighted by Crippen LogP contribution is 2.28. The Morgan fingerprint density at radius 2 is 2.05 bits per heavy atom. The number of hydrogen-bond donors (Lipinski definition) is 2. The number of nitrogens with zero attached hydrogens (tertiary/aromatic N) is 1. The zero-order valence-corrected chi connectivity index (χ0v) is 13.7. The van der Waals surface area contributed by atoms with Gasteiger partial charge in [0.1, 0.15) is 0 Å². The van der Waals surface area contributed by atoms with Crippen molar-refractivity contribution in [2.24, 2.45) is 17.6 Å². The molecule has 3 N–H and O–H groups in total. The minimum absolute atomic E-state index is 0. The smallest absolute Gasteiger partial charge is 0.239 e. The van der Waals surface area contributed by atoms with E-state index in [0.717, 1.165) is 32.4 Å². The average molecular weight is 318 g/mol. The maximum Gasteiger partial charge on any atom is 0.239 e. The second-order valence-corrected chi connectivity index (χ2v) is 6.21. The molecule has 122 valence electrons. The van der Waals surface area contributed by atoms with Crippen molar-refractivity contribution in [3.8, 4) is 0 Å². The van der Waals surface area contributed by atoms with Crippen LogP contribution in [0.2, 0.25) is 0 Å². The summed E-state index contributed by atoms with van der Waals surface area (Å²) in [5.74, 6) is 0.753. The van der Waals surface area contributed by atoms with Crippen LogP contribution in [-0.2, 0) is 9.59 Å². The standard InChI is InChI=1S/C15H27N3O2.ClH/c1-2-4-13(16)15(20)18-8-3-5-12(10-18)14(19)17-9-11-6-7-11;/h11-13H,2-10,16H2,1H3,(H,17,19);1H. The molecule has 2 fully saturated rings. The van der Waals surface area contributed by atoms with Gasteiger partial charge in [-0.25, -0.2) is 0 Å². The third kappa shape index (κ3) is 5.47. The quantitative estimate of drug-likeness (QED) is 0.775. The van der Waals surface area contributed by atoms with Gasteiger partial charge in [0.2, 0.25) is 11.8 Å². The summed E-state index contributed by atoms with van der Waals surface area (Å²) >= 11 is 0. The van der Waals surface area contributed by atoms with E-state index in [1.54, 1.807) is 4.90 Å². The largest absolute Gasteiger partial charge is 0.356 e. The monoisotopic (exact) mass is 317 g/mol. The molecule has 1 saturated heterocycles. The van der Waals surface area contributed by atoms with Crippen molar-refractivity contribution in [3.05, 3.63) is 0 Å². The topological polar surface area (TPSA) is 75.4 Å². The van der Waals surface area contributed by atoms with Crippen molar-refractivity contribution >= 4 is 24.2 Å².